The molecular formula is C16H22N2O2. The van der Waals surface area contributed by atoms with Gasteiger partial charge < -0.3 is 10.1 Å². The number of ether oxygens (including phenoxy) is 1. The highest BCUT2D eigenvalue weighted by atomic mass is 16.6. The van der Waals surface area contributed by atoms with Crippen molar-refractivity contribution in [1.82, 2.24) is 0 Å². The smallest absolute Gasteiger partial charge is 0.414 e. The number of carbonyl (C=O) groups excluding carboxylic acids is 1. The van der Waals surface area contributed by atoms with E-state index in [0.717, 1.165) is 17.8 Å². The number of amides is 1. The zero-order valence-electron chi connectivity index (χ0n) is 12.4. The predicted octanol–water partition coefficient (Wildman–Crippen LogP) is 3.56. The number of anilines is 2. The number of hydrogen-bond donors (Lipinski definition) is 1. The second-order valence-electron chi connectivity index (χ2n) is 6.64. The van der Waals surface area contributed by atoms with Gasteiger partial charge in [0.2, 0.25) is 0 Å². The second kappa shape index (κ2) is 4.69. The van der Waals surface area contributed by atoms with Crippen molar-refractivity contribution < 1.29 is 9.53 Å². The fourth-order valence-corrected chi connectivity index (χ4v) is 2.46. The van der Waals surface area contributed by atoms with Crippen LogP contribution in [-0.4, -0.2) is 24.3 Å². The number of carbonyl (C=O) groups is 1. The summed E-state index contributed by atoms with van der Waals surface area (Å²) in [5.41, 5.74) is 2.92. The summed E-state index contributed by atoms with van der Waals surface area (Å²) in [6, 6.07) is 6.89. The number of fused-ring (bicyclic) bond motifs is 1. The Kier molecular flexibility index (Phi) is 3.11. The minimum absolute atomic E-state index is 0.251. The third-order valence-corrected chi connectivity index (χ3v) is 3.54. The Balaban J connectivity index is 1.74. The van der Waals surface area contributed by atoms with Gasteiger partial charge >= 0.3 is 6.09 Å². The zero-order chi connectivity index (χ0) is 14.3. The van der Waals surface area contributed by atoms with Crippen molar-refractivity contribution in [2.24, 2.45) is 0 Å². The fraction of sp³-hybridized carbons (Fsp3) is 0.562. The van der Waals surface area contributed by atoms with Crippen molar-refractivity contribution in [3.63, 3.8) is 0 Å². The van der Waals surface area contributed by atoms with E-state index in [2.05, 4.69) is 17.4 Å². The lowest BCUT2D eigenvalue weighted by molar-refractivity contribution is 0.0584. The molecule has 0 aromatic heterocycles. The quantitative estimate of drug-likeness (QED) is 0.896. The zero-order valence-corrected chi connectivity index (χ0v) is 12.4. The van der Waals surface area contributed by atoms with Crippen LogP contribution in [0.5, 0.6) is 0 Å². The van der Waals surface area contributed by atoms with Crippen LogP contribution in [0.25, 0.3) is 0 Å². The summed E-state index contributed by atoms with van der Waals surface area (Å²) in [7, 11) is 0. The average Bonchev–Trinajstić information content (AvgIpc) is 3.04. The molecule has 1 aliphatic heterocycles. The Morgan fingerprint density at radius 3 is 2.75 bits per heavy atom. The molecule has 1 amide bonds. The number of nitrogens with zero attached hydrogens (tertiary/aromatic N) is 1. The molecule has 1 heterocycles. The molecule has 3 rings (SSSR count). The molecule has 0 radical (unpaired) electrons. The SMILES string of the molecule is CC(C)(C)OC(=O)N1CCc2cc(NC3CC3)ccc21. The summed E-state index contributed by atoms with van der Waals surface area (Å²) in [5, 5.41) is 3.49. The van der Waals surface area contributed by atoms with Gasteiger partial charge in [-0.25, -0.2) is 4.79 Å². The molecule has 2 aliphatic rings. The predicted molar refractivity (Wildman–Crippen MR) is 80.4 cm³/mol. The van der Waals surface area contributed by atoms with Gasteiger partial charge in [-0.2, -0.15) is 0 Å². The van der Waals surface area contributed by atoms with Crippen molar-refractivity contribution in [2.45, 2.75) is 51.7 Å². The molecule has 0 atom stereocenters. The molecule has 1 N–H and O–H groups in total. The van der Waals surface area contributed by atoms with Gasteiger partial charge in [0.15, 0.2) is 0 Å². The van der Waals surface area contributed by atoms with E-state index in [1.807, 2.05) is 26.8 Å². The minimum atomic E-state index is -0.451. The molecule has 0 bridgehead atoms. The molecule has 108 valence electrons. The summed E-state index contributed by atoms with van der Waals surface area (Å²) >= 11 is 0. The van der Waals surface area contributed by atoms with Crippen molar-refractivity contribution in [3.05, 3.63) is 23.8 Å². The van der Waals surface area contributed by atoms with Gasteiger partial charge in [-0.15, -0.1) is 0 Å². The first kappa shape index (κ1) is 13.3. The van der Waals surface area contributed by atoms with E-state index in [-0.39, 0.29) is 6.09 Å². The highest BCUT2D eigenvalue weighted by Gasteiger charge is 2.29. The van der Waals surface area contributed by atoms with Gasteiger partial charge in [-0.05, 0) is 63.8 Å². The number of hydrogen-bond acceptors (Lipinski definition) is 3. The monoisotopic (exact) mass is 274 g/mol. The van der Waals surface area contributed by atoms with Crippen LogP contribution in [0, 0.1) is 0 Å². The van der Waals surface area contributed by atoms with Gasteiger partial charge in [0, 0.05) is 18.3 Å². The Bertz CT molecular complexity index is 530. The van der Waals surface area contributed by atoms with Gasteiger partial charge in [0.25, 0.3) is 0 Å². The first-order valence-corrected chi connectivity index (χ1v) is 7.32. The lowest BCUT2D eigenvalue weighted by Crippen LogP contribution is -2.35. The lowest BCUT2D eigenvalue weighted by atomic mass is 10.1. The lowest BCUT2D eigenvalue weighted by Gasteiger charge is -2.24. The van der Waals surface area contributed by atoms with Crippen LogP contribution in [-0.2, 0) is 11.2 Å². The maximum absolute atomic E-state index is 12.2. The van der Waals surface area contributed by atoms with Crippen LogP contribution in [0.4, 0.5) is 16.2 Å². The molecule has 1 aromatic rings. The van der Waals surface area contributed by atoms with E-state index in [0.29, 0.717) is 12.6 Å². The largest absolute Gasteiger partial charge is 0.443 e. The van der Waals surface area contributed by atoms with Crippen LogP contribution in [0.15, 0.2) is 18.2 Å². The fourth-order valence-electron chi connectivity index (χ4n) is 2.46. The second-order valence-corrected chi connectivity index (χ2v) is 6.64. The van der Waals surface area contributed by atoms with Gasteiger partial charge in [0.1, 0.15) is 5.60 Å². The Hall–Kier alpha value is -1.71. The standard InChI is InChI=1S/C16H22N2O2/c1-16(2,3)20-15(19)18-9-8-11-10-13(6-7-14(11)18)17-12-4-5-12/h6-7,10,12,17H,4-5,8-9H2,1-3H3. The molecule has 20 heavy (non-hydrogen) atoms. The molecule has 4 heteroatoms. The summed E-state index contributed by atoms with van der Waals surface area (Å²) in [5.74, 6) is 0. The average molecular weight is 274 g/mol. The van der Waals surface area contributed by atoms with Crippen molar-refractivity contribution in [2.75, 3.05) is 16.8 Å². The van der Waals surface area contributed by atoms with Crippen LogP contribution < -0.4 is 10.2 Å². The topological polar surface area (TPSA) is 41.6 Å². The highest BCUT2D eigenvalue weighted by molar-refractivity contribution is 5.91. The molecule has 1 aromatic carbocycles. The number of nitrogens with one attached hydrogen (secondary N) is 1. The number of benzene rings is 1. The van der Waals surface area contributed by atoms with Gasteiger partial charge in [-0.1, -0.05) is 0 Å². The van der Waals surface area contributed by atoms with E-state index in [1.54, 1.807) is 4.90 Å². The van der Waals surface area contributed by atoms with Gasteiger partial charge in [0.05, 0.1) is 5.69 Å². The third-order valence-electron chi connectivity index (χ3n) is 3.54. The molecule has 1 saturated carbocycles. The molecule has 0 spiro atoms. The molecule has 1 fully saturated rings. The molecule has 0 saturated heterocycles. The van der Waals surface area contributed by atoms with Gasteiger partial charge in [-0.3, -0.25) is 4.90 Å². The minimum Gasteiger partial charge on any atom is -0.443 e. The maximum Gasteiger partial charge on any atom is 0.414 e. The van der Waals surface area contributed by atoms with Crippen molar-refractivity contribution in [1.29, 1.82) is 0 Å². The van der Waals surface area contributed by atoms with Crippen LogP contribution in [0.1, 0.15) is 39.2 Å². The normalized spacial score (nSPS) is 17.9. The van der Waals surface area contributed by atoms with Crippen molar-refractivity contribution >= 4 is 17.5 Å². The molecule has 1 aliphatic carbocycles. The van der Waals surface area contributed by atoms with Crippen LogP contribution in [0.2, 0.25) is 0 Å². The third kappa shape index (κ3) is 2.89. The maximum atomic E-state index is 12.2. The summed E-state index contributed by atoms with van der Waals surface area (Å²) in [6.45, 7) is 6.39. The summed E-state index contributed by atoms with van der Waals surface area (Å²) in [4.78, 5) is 13.9. The summed E-state index contributed by atoms with van der Waals surface area (Å²) in [6.07, 6.45) is 3.18. The Morgan fingerprint density at radius 2 is 2.10 bits per heavy atom. The van der Waals surface area contributed by atoms with E-state index >= 15 is 0 Å². The van der Waals surface area contributed by atoms with E-state index in [9.17, 15) is 4.79 Å². The van der Waals surface area contributed by atoms with E-state index in [4.69, 9.17) is 4.74 Å². The Morgan fingerprint density at radius 1 is 1.35 bits per heavy atom. The number of rotatable bonds is 2. The van der Waals surface area contributed by atoms with E-state index in [1.165, 1.54) is 18.4 Å². The Labute approximate surface area is 120 Å². The van der Waals surface area contributed by atoms with Crippen LogP contribution >= 0.6 is 0 Å². The van der Waals surface area contributed by atoms with Crippen molar-refractivity contribution in [3.8, 4) is 0 Å². The van der Waals surface area contributed by atoms with E-state index < -0.39 is 5.60 Å². The summed E-state index contributed by atoms with van der Waals surface area (Å²) < 4.78 is 5.45. The first-order valence-electron chi connectivity index (χ1n) is 7.32. The highest BCUT2D eigenvalue weighted by Crippen LogP contribution is 2.33. The molecular weight excluding hydrogens is 252 g/mol. The molecule has 4 nitrogen and oxygen atoms in total. The molecule has 0 unspecified atom stereocenters. The van der Waals surface area contributed by atoms with Crippen LogP contribution in [0.3, 0.4) is 0 Å². The first-order chi connectivity index (χ1) is 9.42.